The first kappa shape index (κ1) is 15.5. The van der Waals surface area contributed by atoms with Gasteiger partial charge in [0.25, 0.3) is 0 Å². The van der Waals surface area contributed by atoms with Crippen LogP contribution in [0.3, 0.4) is 0 Å². The van der Waals surface area contributed by atoms with Crippen molar-refractivity contribution in [3.63, 3.8) is 0 Å². The summed E-state index contributed by atoms with van der Waals surface area (Å²) < 4.78 is 5.24. The Hall–Kier alpha value is -1.84. The van der Waals surface area contributed by atoms with Gasteiger partial charge in [0, 0.05) is 0 Å². The number of aryl methyl sites for hydroxylation is 2. The smallest absolute Gasteiger partial charge is 0.408 e. The Labute approximate surface area is 125 Å². The lowest BCUT2D eigenvalue weighted by molar-refractivity contribution is -0.113. The number of carbonyl (C=O) groups excluding carboxylic acids is 2. The van der Waals surface area contributed by atoms with E-state index in [0.29, 0.717) is 0 Å². The van der Waals surface area contributed by atoms with Crippen molar-refractivity contribution in [1.29, 1.82) is 0 Å². The maximum Gasteiger partial charge on any atom is 0.408 e. The molecular formula is C17H23NO3. The van der Waals surface area contributed by atoms with E-state index >= 15 is 0 Å². The number of fused-ring (bicyclic) bond motifs is 1. The summed E-state index contributed by atoms with van der Waals surface area (Å²) in [5.41, 5.74) is 1.74. The van der Waals surface area contributed by atoms with Crippen LogP contribution in [0.5, 0.6) is 0 Å². The van der Waals surface area contributed by atoms with Crippen LogP contribution < -0.4 is 5.32 Å². The maximum absolute atomic E-state index is 11.9. The number of benzene rings is 1. The van der Waals surface area contributed by atoms with Crippen molar-refractivity contribution in [2.24, 2.45) is 0 Å². The molecule has 1 N–H and O–H groups in total. The Kier molecular flexibility index (Phi) is 4.08. The van der Waals surface area contributed by atoms with Gasteiger partial charge >= 0.3 is 6.09 Å². The monoisotopic (exact) mass is 289 g/mol. The zero-order chi connectivity index (χ0) is 15.7. The van der Waals surface area contributed by atoms with E-state index in [-0.39, 0.29) is 0 Å². The normalized spacial score (nSPS) is 16.8. The van der Waals surface area contributed by atoms with Crippen LogP contribution in [0.15, 0.2) is 18.2 Å². The second-order valence-corrected chi connectivity index (χ2v) is 6.78. The highest BCUT2D eigenvalue weighted by atomic mass is 16.6. The molecule has 1 aliphatic rings. The molecule has 1 unspecified atom stereocenters. The molecule has 1 amide bonds. The predicted molar refractivity (Wildman–Crippen MR) is 81.3 cm³/mol. The van der Waals surface area contributed by atoms with Crippen molar-refractivity contribution in [2.75, 3.05) is 0 Å². The Morgan fingerprint density at radius 2 is 1.86 bits per heavy atom. The molecule has 0 aromatic heterocycles. The molecule has 0 saturated heterocycles. The van der Waals surface area contributed by atoms with Crippen molar-refractivity contribution in [2.45, 2.75) is 58.1 Å². The molecule has 0 aliphatic heterocycles. The van der Waals surface area contributed by atoms with E-state index in [1.807, 2.05) is 12.1 Å². The Balaban J connectivity index is 2.21. The lowest BCUT2D eigenvalue weighted by atomic mass is 9.91. The van der Waals surface area contributed by atoms with Crippen molar-refractivity contribution in [3.8, 4) is 0 Å². The summed E-state index contributed by atoms with van der Waals surface area (Å²) in [6, 6.07) is 5.99. The number of ether oxygens (including phenoxy) is 1. The minimum absolute atomic E-state index is 0.586. The molecule has 0 radical (unpaired) electrons. The summed E-state index contributed by atoms with van der Waals surface area (Å²) in [7, 11) is 0. The van der Waals surface area contributed by atoms with Crippen LogP contribution in [0.4, 0.5) is 4.79 Å². The number of hydrogen-bond acceptors (Lipinski definition) is 3. The van der Waals surface area contributed by atoms with Crippen LogP contribution >= 0.6 is 0 Å². The number of rotatable bonds is 3. The van der Waals surface area contributed by atoms with E-state index in [1.165, 1.54) is 11.1 Å². The molecule has 1 aromatic carbocycles. The van der Waals surface area contributed by atoms with E-state index < -0.39 is 17.2 Å². The SMILES string of the molecule is CC(C)(C)OC(=O)NC(C)(C=O)c1ccc2c(c1)CCC2. The summed E-state index contributed by atoms with van der Waals surface area (Å²) in [5, 5.41) is 2.68. The third kappa shape index (κ3) is 3.63. The first-order valence-corrected chi connectivity index (χ1v) is 7.33. The average molecular weight is 289 g/mol. The number of amides is 1. The molecular weight excluding hydrogens is 266 g/mol. The number of alkyl carbamates (subject to hydrolysis) is 1. The van der Waals surface area contributed by atoms with Crippen LogP contribution in [0, 0.1) is 0 Å². The number of carbonyl (C=O) groups is 2. The second-order valence-electron chi connectivity index (χ2n) is 6.78. The van der Waals surface area contributed by atoms with Gasteiger partial charge in [0.05, 0.1) is 0 Å². The third-order valence-electron chi connectivity index (χ3n) is 3.69. The lowest BCUT2D eigenvalue weighted by Crippen LogP contribution is -2.47. The largest absolute Gasteiger partial charge is 0.444 e. The molecule has 1 aliphatic carbocycles. The fourth-order valence-electron chi connectivity index (χ4n) is 2.58. The minimum atomic E-state index is -1.07. The van der Waals surface area contributed by atoms with E-state index in [4.69, 9.17) is 4.74 Å². The summed E-state index contributed by atoms with van der Waals surface area (Å²) in [6.45, 7) is 7.07. The third-order valence-corrected chi connectivity index (χ3v) is 3.69. The standard InChI is InChI=1S/C17H23NO3/c1-16(2,3)21-15(20)18-17(4,11-19)14-9-8-12-6-5-7-13(12)10-14/h8-11H,5-7H2,1-4H3,(H,18,20). The van der Waals surface area contributed by atoms with E-state index in [1.54, 1.807) is 27.7 Å². The van der Waals surface area contributed by atoms with Crippen LogP contribution in [-0.2, 0) is 27.9 Å². The highest BCUT2D eigenvalue weighted by Gasteiger charge is 2.31. The number of nitrogens with one attached hydrogen (secondary N) is 1. The molecule has 0 heterocycles. The molecule has 1 aromatic rings. The van der Waals surface area contributed by atoms with Gasteiger partial charge in [-0.25, -0.2) is 4.79 Å². The minimum Gasteiger partial charge on any atom is -0.444 e. The fraction of sp³-hybridized carbons (Fsp3) is 0.529. The molecule has 1 atom stereocenters. The lowest BCUT2D eigenvalue weighted by Gasteiger charge is -2.28. The quantitative estimate of drug-likeness (QED) is 0.870. The van der Waals surface area contributed by atoms with Gasteiger partial charge in [-0.05, 0) is 63.6 Å². The van der Waals surface area contributed by atoms with E-state index in [2.05, 4.69) is 11.4 Å². The molecule has 2 rings (SSSR count). The van der Waals surface area contributed by atoms with Crippen molar-refractivity contribution < 1.29 is 14.3 Å². The molecule has 114 valence electrons. The Bertz CT molecular complexity index is 560. The predicted octanol–water partition coefficient (Wildman–Crippen LogP) is 3.11. The topological polar surface area (TPSA) is 55.4 Å². The van der Waals surface area contributed by atoms with Crippen LogP contribution in [0.25, 0.3) is 0 Å². The summed E-state index contributed by atoms with van der Waals surface area (Å²) in [6.07, 6.45) is 3.44. The molecule has 0 spiro atoms. The molecule has 4 heteroatoms. The van der Waals surface area contributed by atoms with Gasteiger partial charge in [-0.2, -0.15) is 0 Å². The van der Waals surface area contributed by atoms with Gasteiger partial charge in [0.15, 0.2) is 0 Å². The number of hydrogen-bond donors (Lipinski definition) is 1. The highest BCUT2D eigenvalue weighted by molar-refractivity contribution is 5.78. The van der Waals surface area contributed by atoms with Gasteiger partial charge < -0.3 is 14.8 Å². The van der Waals surface area contributed by atoms with Gasteiger partial charge in [-0.3, -0.25) is 0 Å². The molecule has 21 heavy (non-hydrogen) atoms. The zero-order valence-corrected chi connectivity index (χ0v) is 13.2. The maximum atomic E-state index is 11.9. The van der Waals surface area contributed by atoms with Gasteiger partial charge in [0.1, 0.15) is 17.4 Å². The first-order chi connectivity index (χ1) is 9.73. The first-order valence-electron chi connectivity index (χ1n) is 7.33. The molecule has 0 saturated carbocycles. The van der Waals surface area contributed by atoms with Gasteiger partial charge in [-0.1, -0.05) is 18.2 Å². The second kappa shape index (κ2) is 5.51. The van der Waals surface area contributed by atoms with Gasteiger partial charge in [0.2, 0.25) is 0 Å². The van der Waals surface area contributed by atoms with Crippen LogP contribution in [0.2, 0.25) is 0 Å². The summed E-state index contributed by atoms with van der Waals surface area (Å²) in [4.78, 5) is 23.5. The Morgan fingerprint density at radius 1 is 1.19 bits per heavy atom. The van der Waals surface area contributed by atoms with Crippen LogP contribution in [0.1, 0.15) is 50.8 Å². The number of aldehydes is 1. The fourth-order valence-corrected chi connectivity index (χ4v) is 2.58. The summed E-state index contributed by atoms with van der Waals surface area (Å²) in [5.74, 6) is 0. The Morgan fingerprint density at radius 3 is 2.48 bits per heavy atom. The van der Waals surface area contributed by atoms with Crippen molar-refractivity contribution in [1.82, 2.24) is 5.32 Å². The highest BCUT2D eigenvalue weighted by Crippen LogP contribution is 2.27. The van der Waals surface area contributed by atoms with E-state index in [0.717, 1.165) is 31.1 Å². The molecule has 4 nitrogen and oxygen atoms in total. The summed E-state index contributed by atoms with van der Waals surface area (Å²) >= 11 is 0. The molecule has 0 fully saturated rings. The molecule has 0 bridgehead atoms. The van der Waals surface area contributed by atoms with E-state index in [9.17, 15) is 9.59 Å². The van der Waals surface area contributed by atoms with Crippen LogP contribution in [-0.4, -0.2) is 18.0 Å². The van der Waals surface area contributed by atoms with Crippen molar-refractivity contribution in [3.05, 3.63) is 34.9 Å². The zero-order valence-electron chi connectivity index (χ0n) is 13.2. The van der Waals surface area contributed by atoms with Gasteiger partial charge in [-0.15, -0.1) is 0 Å². The van der Waals surface area contributed by atoms with Crippen molar-refractivity contribution >= 4 is 12.4 Å². The average Bonchev–Trinajstić information content (AvgIpc) is 2.83.